The van der Waals surface area contributed by atoms with E-state index in [-0.39, 0.29) is 5.91 Å². The first-order chi connectivity index (χ1) is 12.6. The van der Waals surface area contributed by atoms with Gasteiger partial charge in [0.2, 0.25) is 5.91 Å². The van der Waals surface area contributed by atoms with Crippen LogP contribution >= 0.6 is 0 Å². The molecule has 3 heteroatoms. The molecule has 0 saturated carbocycles. The molecule has 2 aromatic carbocycles. The highest BCUT2D eigenvalue weighted by molar-refractivity contribution is 5.92. The van der Waals surface area contributed by atoms with Crippen molar-refractivity contribution >= 4 is 17.7 Å². The molecular weight excluding hydrogens is 320 g/mol. The fraction of sp³-hybridized carbons (Fsp3) is 0.261. The fourth-order valence-corrected chi connectivity index (χ4v) is 2.83. The largest absolute Gasteiger partial charge is 0.366 e. The topological polar surface area (TPSA) is 32.3 Å². The monoisotopic (exact) mass is 348 g/mol. The number of amides is 1. The van der Waals surface area contributed by atoms with Crippen molar-refractivity contribution < 1.29 is 4.79 Å². The fourth-order valence-electron chi connectivity index (χ4n) is 2.83. The number of benzene rings is 2. The molecule has 1 amide bonds. The van der Waals surface area contributed by atoms with Gasteiger partial charge in [0.05, 0.1) is 6.54 Å². The van der Waals surface area contributed by atoms with E-state index in [0.717, 1.165) is 42.8 Å². The van der Waals surface area contributed by atoms with E-state index in [1.54, 1.807) is 6.08 Å². The van der Waals surface area contributed by atoms with Crippen LogP contribution in [0.3, 0.4) is 0 Å². The van der Waals surface area contributed by atoms with Gasteiger partial charge in [-0.15, -0.1) is 0 Å². The highest BCUT2D eigenvalue weighted by atomic mass is 16.2. The highest BCUT2D eigenvalue weighted by Gasteiger charge is 2.12. The zero-order chi connectivity index (χ0) is 18.8. The van der Waals surface area contributed by atoms with Crippen LogP contribution in [-0.4, -0.2) is 23.9 Å². The zero-order valence-electron chi connectivity index (χ0n) is 15.6. The molecule has 0 aliphatic rings. The number of nitrogens with zero attached hydrogens (tertiary/aromatic N) is 1. The maximum Gasteiger partial charge on any atom is 0.243 e. The summed E-state index contributed by atoms with van der Waals surface area (Å²) in [4.78, 5) is 14.5. The van der Waals surface area contributed by atoms with Gasteiger partial charge in [-0.25, -0.2) is 0 Å². The van der Waals surface area contributed by atoms with Crippen LogP contribution in [0.2, 0.25) is 0 Å². The van der Waals surface area contributed by atoms with Crippen LogP contribution in [-0.2, 0) is 11.2 Å². The molecule has 2 aromatic rings. The van der Waals surface area contributed by atoms with Gasteiger partial charge < -0.3 is 10.2 Å². The van der Waals surface area contributed by atoms with Crippen molar-refractivity contribution in [2.75, 3.05) is 18.4 Å². The number of hydrogen-bond acceptors (Lipinski definition) is 2. The van der Waals surface area contributed by atoms with E-state index in [1.165, 1.54) is 5.56 Å². The van der Waals surface area contributed by atoms with Gasteiger partial charge in [-0.1, -0.05) is 68.6 Å². The number of allylic oxidation sites excluding steroid dienone is 1. The maximum absolute atomic E-state index is 12.5. The van der Waals surface area contributed by atoms with Crippen molar-refractivity contribution in [2.24, 2.45) is 0 Å². The second-order valence-corrected chi connectivity index (χ2v) is 6.35. The Bertz CT molecular complexity index is 737. The lowest BCUT2D eigenvalue weighted by atomic mass is 10.1. The molecule has 26 heavy (non-hydrogen) atoms. The summed E-state index contributed by atoms with van der Waals surface area (Å²) in [6, 6.07) is 18.0. The smallest absolute Gasteiger partial charge is 0.243 e. The summed E-state index contributed by atoms with van der Waals surface area (Å²) < 4.78 is 0. The molecule has 0 aliphatic heterocycles. The molecule has 1 N–H and O–H groups in total. The van der Waals surface area contributed by atoms with Gasteiger partial charge in [-0.05, 0) is 42.5 Å². The third-order valence-electron chi connectivity index (χ3n) is 4.23. The van der Waals surface area contributed by atoms with Crippen molar-refractivity contribution in [1.82, 2.24) is 4.90 Å². The number of nitrogens with one attached hydrogen (secondary N) is 1. The van der Waals surface area contributed by atoms with Crippen LogP contribution in [0, 0.1) is 0 Å². The average Bonchev–Trinajstić information content (AvgIpc) is 2.66. The van der Waals surface area contributed by atoms with E-state index in [1.807, 2.05) is 42.5 Å². The van der Waals surface area contributed by atoms with Crippen molar-refractivity contribution in [3.63, 3.8) is 0 Å². The number of rotatable bonds is 10. The molecule has 0 bridgehead atoms. The van der Waals surface area contributed by atoms with Crippen LogP contribution in [0.4, 0.5) is 5.69 Å². The van der Waals surface area contributed by atoms with Gasteiger partial charge >= 0.3 is 0 Å². The molecule has 0 aromatic heterocycles. The first-order valence-electron chi connectivity index (χ1n) is 9.11. The van der Waals surface area contributed by atoms with Crippen LogP contribution in [0.1, 0.15) is 30.9 Å². The lowest BCUT2D eigenvalue weighted by Crippen LogP contribution is -2.33. The van der Waals surface area contributed by atoms with Gasteiger partial charge in [0.25, 0.3) is 0 Å². The minimum absolute atomic E-state index is 0.0273. The Morgan fingerprint density at radius 3 is 2.62 bits per heavy atom. The van der Waals surface area contributed by atoms with Crippen molar-refractivity contribution in [3.8, 4) is 0 Å². The number of carbonyl (C=O) groups is 1. The molecule has 0 radical (unpaired) electrons. The van der Waals surface area contributed by atoms with Gasteiger partial charge in [-0.3, -0.25) is 4.79 Å². The van der Waals surface area contributed by atoms with E-state index in [9.17, 15) is 4.79 Å². The maximum atomic E-state index is 12.5. The normalized spacial score (nSPS) is 10.2. The van der Waals surface area contributed by atoms with Crippen molar-refractivity contribution in [1.29, 1.82) is 0 Å². The van der Waals surface area contributed by atoms with Crippen molar-refractivity contribution in [2.45, 2.75) is 26.2 Å². The molecular formula is C23H28N2O. The van der Waals surface area contributed by atoms with E-state index in [0.29, 0.717) is 6.54 Å². The van der Waals surface area contributed by atoms with Gasteiger partial charge in [0, 0.05) is 17.9 Å². The zero-order valence-corrected chi connectivity index (χ0v) is 15.6. The number of carbonyl (C=O) groups excluding carboxylic acids is 1. The predicted molar refractivity (Wildman–Crippen MR) is 111 cm³/mol. The molecule has 0 heterocycles. The lowest BCUT2D eigenvalue weighted by molar-refractivity contribution is -0.117. The standard InChI is InChI=1S/C23H28N2O/c1-4-16-25(19(3)14-15-21-10-7-6-8-11-21)18-23(26)24-22-13-9-12-20(5-2)17-22/h5-13,17H,2-4,14-16,18H2,1H3,(H,24,26). The van der Waals surface area contributed by atoms with E-state index in [2.05, 4.69) is 42.4 Å². The molecule has 136 valence electrons. The Kier molecular flexibility index (Phi) is 7.69. The minimum Gasteiger partial charge on any atom is -0.366 e. The van der Waals surface area contributed by atoms with E-state index >= 15 is 0 Å². The third kappa shape index (κ3) is 6.25. The third-order valence-corrected chi connectivity index (χ3v) is 4.23. The van der Waals surface area contributed by atoms with Crippen LogP contribution in [0.5, 0.6) is 0 Å². The first kappa shape index (κ1) is 19.5. The van der Waals surface area contributed by atoms with Gasteiger partial charge in [0.15, 0.2) is 0 Å². The Labute approximate surface area is 157 Å². The highest BCUT2D eigenvalue weighted by Crippen LogP contribution is 2.14. The molecule has 3 nitrogen and oxygen atoms in total. The van der Waals surface area contributed by atoms with Crippen LogP contribution < -0.4 is 5.32 Å². The van der Waals surface area contributed by atoms with Crippen LogP contribution in [0.25, 0.3) is 6.08 Å². The first-order valence-corrected chi connectivity index (χ1v) is 9.11. The number of hydrogen-bond donors (Lipinski definition) is 1. The Morgan fingerprint density at radius 1 is 1.15 bits per heavy atom. The average molecular weight is 348 g/mol. The second-order valence-electron chi connectivity index (χ2n) is 6.35. The van der Waals surface area contributed by atoms with Gasteiger partial charge in [0.1, 0.15) is 0 Å². The summed E-state index contributed by atoms with van der Waals surface area (Å²) in [6.45, 7) is 11.2. The van der Waals surface area contributed by atoms with Gasteiger partial charge in [-0.2, -0.15) is 0 Å². The predicted octanol–water partition coefficient (Wildman–Crippen LogP) is 5.13. The molecule has 0 spiro atoms. The Balaban J connectivity index is 1.91. The Hall–Kier alpha value is -2.81. The molecule has 0 fully saturated rings. The lowest BCUT2D eigenvalue weighted by Gasteiger charge is -2.26. The van der Waals surface area contributed by atoms with E-state index < -0.39 is 0 Å². The van der Waals surface area contributed by atoms with Crippen LogP contribution in [0.15, 0.2) is 73.5 Å². The number of anilines is 1. The molecule has 2 rings (SSSR count). The number of aryl methyl sites for hydroxylation is 1. The molecule has 0 unspecified atom stereocenters. The van der Waals surface area contributed by atoms with Crippen molar-refractivity contribution in [3.05, 3.63) is 84.6 Å². The Morgan fingerprint density at radius 2 is 1.92 bits per heavy atom. The van der Waals surface area contributed by atoms with E-state index in [4.69, 9.17) is 0 Å². The summed E-state index contributed by atoms with van der Waals surface area (Å²) in [6.07, 6.45) is 4.53. The summed E-state index contributed by atoms with van der Waals surface area (Å²) in [7, 11) is 0. The molecule has 0 atom stereocenters. The molecule has 0 aliphatic carbocycles. The summed E-state index contributed by atoms with van der Waals surface area (Å²) in [5.41, 5.74) is 4.07. The summed E-state index contributed by atoms with van der Waals surface area (Å²) in [5.74, 6) is -0.0273. The SMILES string of the molecule is C=Cc1cccc(NC(=O)CN(CCC)C(=C)CCc2ccccc2)c1. The molecule has 0 saturated heterocycles. The second kappa shape index (κ2) is 10.2. The minimum atomic E-state index is -0.0273. The quantitative estimate of drug-likeness (QED) is 0.646. The summed E-state index contributed by atoms with van der Waals surface area (Å²) >= 11 is 0. The summed E-state index contributed by atoms with van der Waals surface area (Å²) in [5, 5.41) is 2.96.